The van der Waals surface area contributed by atoms with Crippen LogP contribution in [0.2, 0.25) is 0 Å². The molecule has 0 aliphatic carbocycles. The van der Waals surface area contributed by atoms with Crippen molar-refractivity contribution in [3.8, 4) is 5.75 Å². The number of aliphatic hydroxyl groups excluding tert-OH is 1. The van der Waals surface area contributed by atoms with Crippen LogP contribution < -0.4 is 9.64 Å². The van der Waals surface area contributed by atoms with Crippen molar-refractivity contribution in [3.05, 3.63) is 48.6 Å². The van der Waals surface area contributed by atoms with E-state index in [2.05, 4.69) is 34.6 Å². The SMILES string of the molecule is CCOc1ccc(N2CC=C[C@H]3S[C@]45C=CCN(C(C)(C)CC(C)(C)C)C(=O)C4N(CCO)C(=O)[C@@H]5[C@H]3C2=O)cc1. The lowest BCUT2D eigenvalue weighted by molar-refractivity contribution is -0.146. The molecule has 9 heteroatoms. The number of carbonyl (C=O) groups excluding carboxylic acids is 3. The highest BCUT2D eigenvalue weighted by molar-refractivity contribution is 8.02. The molecule has 222 valence electrons. The summed E-state index contributed by atoms with van der Waals surface area (Å²) >= 11 is 1.56. The van der Waals surface area contributed by atoms with E-state index in [0.717, 1.165) is 17.9 Å². The Hall–Kier alpha value is -2.78. The van der Waals surface area contributed by atoms with Crippen molar-refractivity contribution in [1.82, 2.24) is 9.80 Å². The number of fused-ring (bicyclic) bond motifs is 2. The van der Waals surface area contributed by atoms with Crippen LogP contribution in [0.3, 0.4) is 0 Å². The minimum absolute atomic E-state index is 0.00680. The molecule has 1 spiro atoms. The van der Waals surface area contributed by atoms with Crippen LogP contribution >= 0.6 is 11.8 Å². The molecule has 5 rings (SSSR count). The molecule has 41 heavy (non-hydrogen) atoms. The molecular weight excluding hydrogens is 538 g/mol. The van der Waals surface area contributed by atoms with Crippen molar-refractivity contribution in [1.29, 1.82) is 0 Å². The Morgan fingerprint density at radius 2 is 1.71 bits per heavy atom. The number of nitrogens with zero attached hydrogens (tertiary/aromatic N) is 3. The van der Waals surface area contributed by atoms with Crippen LogP contribution in [-0.2, 0) is 14.4 Å². The van der Waals surface area contributed by atoms with Crippen LogP contribution in [0.4, 0.5) is 5.69 Å². The molecule has 2 saturated heterocycles. The number of β-amino-alcohol motifs (C(OH)–C–C–N with tert-alkyl or cyclic N) is 1. The second-order valence-corrected chi connectivity index (χ2v) is 14.8. The van der Waals surface area contributed by atoms with Crippen LogP contribution in [0, 0.1) is 17.3 Å². The molecule has 0 saturated carbocycles. The van der Waals surface area contributed by atoms with Gasteiger partial charge in [-0.1, -0.05) is 45.1 Å². The van der Waals surface area contributed by atoms with Crippen molar-refractivity contribution in [2.24, 2.45) is 17.3 Å². The average molecular weight is 582 g/mol. The van der Waals surface area contributed by atoms with Gasteiger partial charge in [0, 0.05) is 36.1 Å². The van der Waals surface area contributed by atoms with E-state index in [1.165, 1.54) is 0 Å². The molecule has 4 heterocycles. The summed E-state index contributed by atoms with van der Waals surface area (Å²) in [6, 6.07) is 6.65. The molecule has 0 aromatic heterocycles. The van der Waals surface area contributed by atoms with E-state index in [4.69, 9.17) is 4.74 Å². The predicted molar refractivity (Wildman–Crippen MR) is 162 cm³/mol. The molecule has 8 nitrogen and oxygen atoms in total. The van der Waals surface area contributed by atoms with Gasteiger partial charge in [0.25, 0.3) is 0 Å². The third-order valence-electron chi connectivity index (χ3n) is 8.65. The lowest BCUT2D eigenvalue weighted by atomic mass is 9.77. The molecule has 4 aliphatic rings. The van der Waals surface area contributed by atoms with Crippen molar-refractivity contribution >= 4 is 35.2 Å². The Labute approximate surface area is 247 Å². The Kier molecular flexibility index (Phi) is 7.83. The van der Waals surface area contributed by atoms with Gasteiger partial charge in [-0.2, -0.15) is 0 Å². The largest absolute Gasteiger partial charge is 0.494 e. The average Bonchev–Trinajstić information content (AvgIpc) is 3.18. The van der Waals surface area contributed by atoms with E-state index < -0.39 is 28.2 Å². The molecule has 1 aromatic carbocycles. The molecule has 1 unspecified atom stereocenters. The number of benzene rings is 1. The molecule has 0 radical (unpaired) electrons. The summed E-state index contributed by atoms with van der Waals surface area (Å²) in [7, 11) is 0. The lowest BCUT2D eigenvalue weighted by Gasteiger charge is -2.44. The third-order valence-corrected chi connectivity index (χ3v) is 10.4. The van der Waals surface area contributed by atoms with Crippen LogP contribution in [0.15, 0.2) is 48.6 Å². The highest BCUT2D eigenvalue weighted by Crippen LogP contribution is 2.61. The van der Waals surface area contributed by atoms with E-state index in [9.17, 15) is 19.5 Å². The fourth-order valence-corrected chi connectivity index (χ4v) is 9.55. The molecule has 5 atom stereocenters. The Morgan fingerprint density at radius 1 is 1.00 bits per heavy atom. The van der Waals surface area contributed by atoms with Gasteiger partial charge in [-0.05, 0) is 56.9 Å². The number of rotatable bonds is 7. The van der Waals surface area contributed by atoms with Crippen LogP contribution in [0.25, 0.3) is 0 Å². The number of ether oxygens (including phenoxy) is 1. The highest BCUT2D eigenvalue weighted by atomic mass is 32.2. The number of anilines is 1. The second-order valence-electron chi connectivity index (χ2n) is 13.3. The zero-order chi connectivity index (χ0) is 29.7. The van der Waals surface area contributed by atoms with Crippen molar-refractivity contribution in [2.45, 2.75) is 69.5 Å². The summed E-state index contributed by atoms with van der Waals surface area (Å²) in [5.74, 6) is -1.07. The smallest absolute Gasteiger partial charge is 0.247 e. The predicted octanol–water partition coefficient (Wildman–Crippen LogP) is 3.89. The summed E-state index contributed by atoms with van der Waals surface area (Å²) < 4.78 is 4.68. The molecule has 3 amide bonds. The highest BCUT2D eigenvalue weighted by Gasteiger charge is 2.71. The van der Waals surface area contributed by atoms with Gasteiger partial charge < -0.3 is 24.5 Å². The standard InChI is InChI=1S/C32H43N3O5S/c1-7-40-22-13-11-21(12-14-22)33-16-8-10-23-24(27(33)37)25-28(38)34(18-19-36)26-29(39)35(17-9-15-32(25,26)41-23)31(5,6)20-30(2,3)4/h8-15,23-26,36H,7,16-20H2,1-6H3/t23-,24+,25+,26?,32+/m1/s1. The first-order chi connectivity index (χ1) is 19.3. The number of aliphatic hydroxyl groups is 1. The maximum absolute atomic E-state index is 14.5. The summed E-state index contributed by atoms with van der Waals surface area (Å²) in [6.07, 6.45) is 8.87. The summed E-state index contributed by atoms with van der Waals surface area (Å²) in [4.78, 5) is 48.3. The van der Waals surface area contributed by atoms with Gasteiger partial charge in [-0.3, -0.25) is 14.4 Å². The molecule has 0 bridgehead atoms. The van der Waals surface area contributed by atoms with Gasteiger partial charge in [-0.15, -0.1) is 11.8 Å². The van der Waals surface area contributed by atoms with Gasteiger partial charge in [0.2, 0.25) is 17.7 Å². The van der Waals surface area contributed by atoms with E-state index in [-0.39, 0.29) is 41.5 Å². The van der Waals surface area contributed by atoms with Crippen LogP contribution in [0.5, 0.6) is 5.75 Å². The maximum atomic E-state index is 14.5. The second kappa shape index (κ2) is 10.8. The fourth-order valence-electron chi connectivity index (χ4n) is 7.54. The van der Waals surface area contributed by atoms with E-state index in [0.29, 0.717) is 19.7 Å². The zero-order valence-electron chi connectivity index (χ0n) is 25.0. The maximum Gasteiger partial charge on any atom is 0.247 e. The lowest BCUT2D eigenvalue weighted by Crippen LogP contribution is -2.59. The minimum atomic E-state index is -0.896. The summed E-state index contributed by atoms with van der Waals surface area (Å²) in [5, 5.41) is 9.73. The van der Waals surface area contributed by atoms with E-state index in [1.807, 2.05) is 60.4 Å². The van der Waals surface area contributed by atoms with Gasteiger partial charge in [0.05, 0.1) is 29.8 Å². The van der Waals surface area contributed by atoms with Gasteiger partial charge in [-0.25, -0.2) is 0 Å². The van der Waals surface area contributed by atoms with Crippen molar-refractivity contribution < 1.29 is 24.2 Å². The quantitative estimate of drug-likeness (QED) is 0.492. The Morgan fingerprint density at radius 3 is 2.34 bits per heavy atom. The molecule has 4 aliphatic heterocycles. The van der Waals surface area contributed by atoms with Crippen molar-refractivity contribution in [3.63, 3.8) is 0 Å². The number of amides is 3. The third kappa shape index (κ3) is 5.09. The first-order valence-electron chi connectivity index (χ1n) is 14.6. The Balaban J connectivity index is 1.54. The fraction of sp³-hybridized carbons (Fsp3) is 0.594. The molecule has 2 fully saturated rings. The van der Waals surface area contributed by atoms with E-state index in [1.54, 1.807) is 21.6 Å². The normalized spacial score (nSPS) is 29.8. The van der Waals surface area contributed by atoms with Gasteiger partial charge in [0.15, 0.2) is 0 Å². The van der Waals surface area contributed by atoms with Gasteiger partial charge >= 0.3 is 0 Å². The van der Waals surface area contributed by atoms with E-state index >= 15 is 0 Å². The number of thioether (sulfide) groups is 1. The summed E-state index contributed by atoms with van der Waals surface area (Å²) in [6.45, 7) is 13.8. The first-order valence-corrected chi connectivity index (χ1v) is 15.5. The molecule has 1 aromatic rings. The molecular formula is C32H43N3O5S. The van der Waals surface area contributed by atoms with Crippen molar-refractivity contribution in [2.75, 3.05) is 37.7 Å². The first kappa shape index (κ1) is 29.7. The minimum Gasteiger partial charge on any atom is -0.494 e. The summed E-state index contributed by atoms with van der Waals surface area (Å²) in [5.41, 5.74) is 0.282. The Bertz CT molecular complexity index is 1250. The topological polar surface area (TPSA) is 90.4 Å². The zero-order valence-corrected chi connectivity index (χ0v) is 25.8. The number of carbonyl (C=O) groups is 3. The number of hydrogen-bond donors (Lipinski definition) is 1. The van der Waals surface area contributed by atoms with Crippen LogP contribution in [-0.4, -0.2) is 87.1 Å². The monoisotopic (exact) mass is 581 g/mol. The number of likely N-dealkylation sites (tertiary alicyclic amines) is 1. The molecule has 1 N–H and O–H groups in total. The number of hydrogen-bond acceptors (Lipinski definition) is 6. The van der Waals surface area contributed by atoms with Crippen LogP contribution in [0.1, 0.15) is 48.0 Å². The van der Waals surface area contributed by atoms with Gasteiger partial charge in [0.1, 0.15) is 11.8 Å².